The van der Waals surface area contributed by atoms with Gasteiger partial charge in [-0.15, -0.1) is 0 Å². The van der Waals surface area contributed by atoms with E-state index in [4.69, 9.17) is 0 Å². The number of aromatic hydroxyl groups is 1. The van der Waals surface area contributed by atoms with Gasteiger partial charge in [0.25, 0.3) is 0 Å². The largest absolute Gasteiger partial charge is 0.508 e. The van der Waals surface area contributed by atoms with Crippen LogP contribution in [0.15, 0.2) is 42.5 Å². The maximum Gasteiger partial charge on any atom is 0.234 e. The highest BCUT2D eigenvalue weighted by atomic mass is 32.2. The lowest BCUT2D eigenvalue weighted by Gasteiger charge is -2.16. The Morgan fingerprint density at radius 1 is 0.938 bits per heavy atom. The average Bonchev–Trinajstić information content (AvgIpc) is 2.69. The van der Waals surface area contributed by atoms with Crippen LogP contribution in [-0.2, 0) is 26.3 Å². The van der Waals surface area contributed by atoms with Gasteiger partial charge < -0.3 is 15.5 Å². The van der Waals surface area contributed by atoms with Crippen molar-refractivity contribution in [1.82, 2.24) is 9.97 Å². The molecule has 3 aromatic rings. The van der Waals surface area contributed by atoms with Gasteiger partial charge in [0.15, 0.2) is 11.6 Å². The maximum atomic E-state index is 12.6. The first-order valence-corrected chi connectivity index (χ1v) is 13.4. The monoisotopic (exact) mass is 480 g/mol. The Labute approximate surface area is 186 Å². The van der Waals surface area contributed by atoms with Crippen molar-refractivity contribution in [3.05, 3.63) is 48.0 Å². The number of rotatable bonds is 10. The van der Waals surface area contributed by atoms with Crippen LogP contribution < -0.4 is 10.0 Å². The number of nitrogens with zero attached hydrogens (tertiary/aromatic N) is 2. The molecule has 0 saturated carbocycles. The Kier molecular flexibility index (Phi) is 7.16. The molecule has 4 N–H and O–H groups in total. The SMILES string of the molecule is CS(=O)(=O)CCCS(=O)(=O)Nc1nc2ccccc2nc1Nc1cc(O)ccc1CCO. The summed E-state index contributed by atoms with van der Waals surface area (Å²) in [6.07, 6.45) is 1.28. The quantitative estimate of drug-likeness (QED) is 0.339. The van der Waals surface area contributed by atoms with Crippen molar-refractivity contribution >= 4 is 48.2 Å². The van der Waals surface area contributed by atoms with Gasteiger partial charge in [0.1, 0.15) is 15.6 Å². The molecule has 1 heterocycles. The smallest absolute Gasteiger partial charge is 0.234 e. The molecule has 0 amide bonds. The summed E-state index contributed by atoms with van der Waals surface area (Å²) in [5, 5.41) is 22.2. The van der Waals surface area contributed by atoms with E-state index in [2.05, 4.69) is 20.0 Å². The number of sulfone groups is 1. The number of hydrogen-bond donors (Lipinski definition) is 4. The van der Waals surface area contributed by atoms with Gasteiger partial charge in [0, 0.05) is 24.6 Å². The number of aliphatic hydroxyl groups excluding tert-OH is 1. The zero-order valence-electron chi connectivity index (χ0n) is 17.3. The van der Waals surface area contributed by atoms with Crippen LogP contribution in [-0.4, -0.2) is 61.4 Å². The van der Waals surface area contributed by atoms with Crippen molar-refractivity contribution in [2.75, 3.05) is 34.4 Å². The first kappa shape index (κ1) is 23.7. The number of phenols is 1. The minimum Gasteiger partial charge on any atom is -0.508 e. The van der Waals surface area contributed by atoms with Gasteiger partial charge >= 0.3 is 0 Å². The minimum atomic E-state index is -3.92. The normalized spacial score (nSPS) is 12.1. The second-order valence-electron chi connectivity index (χ2n) is 7.25. The van der Waals surface area contributed by atoms with E-state index in [-0.39, 0.29) is 36.2 Å². The fourth-order valence-corrected chi connectivity index (χ4v) is 4.93. The summed E-state index contributed by atoms with van der Waals surface area (Å²) in [4.78, 5) is 8.83. The molecule has 172 valence electrons. The minimum absolute atomic E-state index is 0.0224. The number of hydrogen-bond acceptors (Lipinski definition) is 9. The van der Waals surface area contributed by atoms with E-state index in [0.29, 0.717) is 28.7 Å². The van der Waals surface area contributed by atoms with E-state index < -0.39 is 25.6 Å². The first-order chi connectivity index (χ1) is 15.1. The van der Waals surface area contributed by atoms with Gasteiger partial charge in [-0.25, -0.2) is 26.8 Å². The van der Waals surface area contributed by atoms with Crippen LogP contribution in [0, 0.1) is 0 Å². The third-order valence-corrected chi connectivity index (χ3v) is 6.84. The molecule has 12 heteroatoms. The van der Waals surface area contributed by atoms with Gasteiger partial charge in [-0.05, 0) is 36.6 Å². The van der Waals surface area contributed by atoms with E-state index in [1.54, 1.807) is 30.3 Å². The van der Waals surface area contributed by atoms with Crippen molar-refractivity contribution in [1.29, 1.82) is 0 Å². The number of phenolic OH excluding ortho intramolecular Hbond substituents is 1. The molecule has 32 heavy (non-hydrogen) atoms. The molecule has 0 bridgehead atoms. The highest BCUT2D eigenvalue weighted by molar-refractivity contribution is 7.93. The Hall–Kier alpha value is -2.96. The number of sulfonamides is 1. The molecule has 0 radical (unpaired) electrons. The second-order valence-corrected chi connectivity index (χ2v) is 11.4. The van der Waals surface area contributed by atoms with Crippen LogP contribution in [0.2, 0.25) is 0 Å². The molecule has 0 unspecified atom stereocenters. The molecule has 0 spiro atoms. The van der Waals surface area contributed by atoms with E-state index >= 15 is 0 Å². The molecule has 0 aliphatic rings. The number of para-hydroxylation sites is 2. The number of nitrogens with one attached hydrogen (secondary N) is 2. The standard InChI is InChI=1S/C20H24N4O6S2/c1-31(27,28)11-4-12-32(29,30)24-20-19(21-16-5-2-3-6-17(16)22-20)23-18-13-15(26)8-7-14(18)9-10-25/h2-3,5-8,13,25-26H,4,9-12H2,1H3,(H,21,23)(H,22,24). The predicted octanol–water partition coefficient (Wildman–Crippen LogP) is 1.79. The van der Waals surface area contributed by atoms with Gasteiger partial charge in [0.2, 0.25) is 10.0 Å². The first-order valence-electron chi connectivity index (χ1n) is 9.71. The van der Waals surface area contributed by atoms with Crippen molar-refractivity contribution in [3.63, 3.8) is 0 Å². The molecule has 2 aromatic carbocycles. The maximum absolute atomic E-state index is 12.6. The fraction of sp³-hybridized carbons (Fsp3) is 0.300. The summed E-state index contributed by atoms with van der Waals surface area (Å²) < 4.78 is 50.1. The molecule has 0 fully saturated rings. The lowest BCUT2D eigenvalue weighted by molar-refractivity contribution is 0.299. The summed E-state index contributed by atoms with van der Waals surface area (Å²) in [5.41, 5.74) is 2.08. The molecule has 0 atom stereocenters. The van der Waals surface area contributed by atoms with Crippen molar-refractivity contribution in [3.8, 4) is 5.75 Å². The van der Waals surface area contributed by atoms with Crippen LogP contribution in [0.4, 0.5) is 17.3 Å². The third-order valence-electron chi connectivity index (χ3n) is 4.48. The van der Waals surface area contributed by atoms with Gasteiger partial charge in [-0.3, -0.25) is 4.72 Å². The summed E-state index contributed by atoms with van der Waals surface area (Å²) in [6.45, 7) is -0.122. The molecule has 0 saturated heterocycles. The predicted molar refractivity (Wildman–Crippen MR) is 123 cm³/mol. The number of aromatic nitrogens is 2. The molecule has 3 rings (SSSR count). The fourth-order valence-electron chi connectivity index (χ4n) is 3.01. The van der Waals surface area contributed by atoms with Crippen LogP contribution in [0.25, 0.3) is 11.0 Å². The van der Waals surface area contributed by atoms with E-state index in [9.17, 15) is 27.0 Å². The van der Waals surface area contributed by atoms with Gasteiger partial charge in [-0.1, -0.05) is 18.2 Å². The molecular weight excluding hydrogens is 456 g/mol. The third kappa shape index (κ3) is 6.52. The molecule has 0 aliphatic carbocycles. The number of benzene rings is 2. The zero-order chi connectivity index (χ0) is 23.4. The summed E-state index contributed by atoms with van der Waals surface area (Å²) in [5.74, 6) is -0.654. The Bertz CT molecular complexity index is 1330. The molecule has 0 aliphatic heterocycles. The Morgan fingerprint density at radius 3 is 2.22 bits per heavy atom. The van der Waals surface area contributed by atoms with Crippen LogP contribution >= 0.6 is 0 Å². The van der Waals surface area contributed by atoms with Crippen LogP contribution in [0.3, 0.4) is 0 Å². The van der Waals surface area contributed by atoms with E-state index in [1.165, 1.54) is 12.1 Å². The topological polar surface area (TPSA) is 159 Å². The average molecular weight is 481 g/mol. The summed E-state index contributed by atoms with van der Waals surface area (Å²) in [7, 11) is -7.20. The second kappa shape index (κ2) is 9.67. The van der Waals surface area contributed by atoms with Gasteiger partial charge in [-0.2, -0.15) is 0 Å². The van der Waals surface area contributed by atoms with Crippen molar-refractivity contribution in [2.24, 2.45) is 0 Å². The lowest BCUT2D eigenvalue weighted by atomic mass is 10.1. The highest BCUT2D eigenvalue weighted by Crippen LogP contribution is 2.30. The number of fused-ring (bicyclic) bond motifs is 1. The lowest BCUT2D eigenvalue weighted by Crippen LogP contribution is -2.20. The summed E-state index contributed by atoms with van der Waals surface area (Å²) >= 11 is 0. The molecule has 1 aromatic heterocycles. The van der Waals surface area contributed by atoms with E-state index in [1.807, 2.05) is 0 Å². The zero-order valence-corrected chi connectivity index (χ0v) is 18.9. The van der Waals surface area contributed by atoms with Gasteiger partial charge in [0.05, 0.1) is 22.5 Å². The number of aliphatic hydroxyl groups is 1. The Balaban J connectivity index is 1.97. The van der Waals surface area contributed by atoms with E-state index in [0.717, 1.165) is 6.26 Å². The summed E-state index contributed by atoms with van der Waals surface area (Å²) in [6, 6.07) is 11.5. The molecular formula is C20H24N4O6S2. The van der Waals surface area contributed by atoms with Crippen molar-refractivity contribution in [2.45, 2.75) is 12.8 Å². The van der Waals surface area contributed by atoms with Crippen LogP contribution in [0.1, 0.15) is 12.0 Å². The highest BCUT2D eigenvalue weighted by Gasteiger charge is 2.18. The Morgan fingerprint density at radius 2 is 1.59 bits per heavy atom. The number of anilines is 3. The molecule has 10 nitrogen and oxygen atoms in total. The van der Waals surface area contributed by atoms with Crippen LogP contribution in [0.5, 0.6) is 5.75 Å². The van der Waals surface area contributed by atoms with Crippen molar-refractivity contribution < 1.29 is 27.0 Å².